The zero-order chi connectivity index (χ0) is 12.7. The van der Waals surface area contributed by atoms with E-state index in [1.54, 1.807) is 0 Å². The van der Waals surface area contributed by atoms with Gasteiger partial charge in [-0.15, -0.1) is 0 Å². The molecule has 17 heavy (non-hydrogen) atoms. The van der Waals surface area contributed by atoms with E-state index in [2.05, 4.69) is 0 Å². The largest absolute Gasteiger partial charge is 0.468 e. The van der Waals surface area contributed by atoms with Crippen molar-refractivity contribution in [3.8, 4) is 0 Å². The van der Waals surface area contributed by atoms with Crippen molar-refractivity contribution < 1.29 is 14.3 Å². The van der Waals surface area contributed by atoms with E-state index in [9.17, 15) is 9.59 Å². The number of carbonyl (C=O) groups excluding carboxylic acids is 2. The molecule has 1 rings (SSSR count). The number of rotatable bonds is 6. The standard InChI is InChI=1S/C14H18O3/c1-3-7-13(15)12(14(16)17-2)10-11-8-5-4-6-9-11/h4-6,8-9,12H,3,7,10H2,1-2H3. The van der Waals surface area contributed by atoms with Crippen molar-refractivity contribution in [2.75, 3.05) is 7.11 Å². The average Bonchev–Trinajstić information content (AvgIpc) is 2.36. The molecule has 92 valence electrons. The van der Waals surface area contributed by atoms with Crippen LogP contribution in [0.3, 0.4) is 0 Å². The van der Waals surface area contributed by atoms with Crippen LogP contribution in [0.2, 0.25) is 0 Å². The summed E-state index contributed by atoms with van der Waals surface area (Å²) in [7, 11) is 1.32. The fraction of sp³-hybridized carbons (Fsp3) is 0.429. The van der Waals surface area contributed by atoms with Crippen LogP contribution in [0.15, 0.2) is 30.3 Å². The van der Waals surface area contributed by atoms with Gasteiger partial charge in [0.1, 0.15) is 11.7 Å². The summed E-state index contributed by atoms with van der Waals surface area (Å²) in [5.41, 5.74) is 0.979. The second-order valence-electron chi connectivity index (χ2n) is 3.98. The van der Waals surface area contributed by atoms with Crippen LogP contribution in [0, 0.1) is 5.92 Å². The number of hydrogen-bond donors (Lipinski definition) is 0. The van der Waals surface area contributed by atoms with E-state index in [4.69, 9.17) is 4.74 Å². The molecule has 0 saturated heterocycles. The number of hydrogen-bond acceptors (Lipinski definition) is 3. The van der Waals surface area contributed by atoms with E-state index in [0.29, 0.717) is 12.8 Å². The Morgan fingerprint density at radius 2 is 1.88 bits per heavy atom. The predicted octanol–water partition coefficient (Wildman–Crippen LogP) is 2.39. The summed E-state index contributed by atoms with van der Waals surface area (Å²) in [5, 5.41) is 0. The molecule has 1 aromatic rings. The summed E-state index contributed by atoms with van der Waals surface area (Å²) < 4.78 is 4.69. The minimum absolute atomic E-state index is 0.0387. The Labute approximate surface area is 102 Å². The topological polar surface area (TPSA) is 43.4 Å². The molecule has 0 saturated carbocycles. The molecule has 0 heterocycles. The van der Waals surface area contributed by atoms with Crippen molar-refractivity contribution in [3.05, 3.63) is 35.9 Å². The van der Waals surface area contributed by atoms with Gasteiger partial charge in [0.2, 0.25) is 0 Å². The Hall–Kier alpha value is -1.64. The van der Waals surface area contributed by atoms with Crippen molar-refractivity contribution in [2.45, 2.75) is 26.2 Å². The van der Waals surface area contributed by atoms with Gasteiger partial charge >= 0.3 is 5.97 Å². The van der Waals surface area contributed by atoms with Gasteiger partial charge in [-0.05, 0) is 18.4 Å². The lowest BCUT2D eigenvalue weighted by Gasteiger charge is -2.13. The molecule has 0 aliphatic heterocycles. The Bertz CT molecular complexity index is 370. The molecule has 0 fully saturated rings. The fourth-order valence-corrected chi connectivity index (χ4v) is 1.74. The molecule has 1 atom stereocenters. The zero-order valence-corrected chi connectivity index (χ0v) is 10.3. The Morgan fingerprint density at radius 1 is 1.24 bits per heavy atom. The summed E-state index contributed by atoms with van der Waals surface area (Å²) in [5.74, 6) is -1.14. The minimum atomic E-state index is -0.664. The van der Waals surface area contributed by atoms with Crippen LogP contribution in [-0.4, -0.2) is 18.9 Å². The molecule has 1 aromatic carbocycles. The Morgan fingerprint density at radius 3 is 2.41 bits per heavy atom. The third-order valence-electron chi connectivity index (χ3n) is 2.65. The highest BCUT2D eigenvalue weighted by Crippen LogP contribution is 2.14. The number of ketones is 1. The SMILES string of the molecule is CCCC(=O)C(Cc1ccccc1)C(=O)OC. The quantitative estimate of drug-likeness (QED) is 0.560. The molecule has 0 N–H and O–H groups in total. The van der Waals surface area contributed by atoms with Gasteiger partial charge in [0.15, 0.2) is 0 Å². The fourth-order valence-electron chi connectivity index (χ4n) is 1.74. The molecule has 1 unspecified atom stereocenters. The first-order valence-corrected chi connectivity index (χ1v) is 5.83. The van der Waals surface area contributed by atoms with Crippen molar-refractivity contribution in [3.63, 3.8) is 0 Å². The second-order valence-corrected chi connectivity index (χ2v) is 3.98. The van der Waals surface area contributed by atoms with Gasteiger partial charge in [-0.1, -0.05) is 37.3 Å². The van der Waals surface area contributed by atoms with E-state index in [1.165, 1.54) is 7.11 Å². The molecular weight excluding hydrogens is 216 g/mol. The van der Waals surface area contributed by atoms with Gasteiger partial charge in [0.05, 0.1) is 7.11 Å². The first-order valence-electron chi connectivity index (χ1n) is 5.83. The second kappa shape index (κ2) is 6.84. The van der Waals surface area contributed by atoms with Crippen LogP contribution in [0.25, 0.3) is 0 Å². The highest BCUT2D eigenvalue weighted by atomic mass is 16.5. The van der Waals surface area contributed by atoms with Crippen LogP contribution in [-0.2, 0) is 20.7 Å². The lowest BCUT2D eigenvalue weighted by atomic mass is 9.93. The molecule has 0 spiro atoms. The normalized spacial score (nSPS) is 11.9. The Balaban J connectivity index is 2.77. The molecule has 3 heteroatoms. The number of carbonyl (C=O) groups is 2. The van der Waals surface area contributed by atoms with E-state index in [0.717, 1.165) is 12.0 Å². The predicted molar refractivity (Wildman–Crippen MR) is 65.6 cm³/mol. The van der Waals surface area contributed by atoms with E-state index >= 15 is 0 Å². The molecule has 0 aliphatic rings. The van der Waals surface area contributed by atoms with E-state index in [-0.39, 0.29) is 5.78 Å². The number of methoxy groups -OCH3 is 1. The molecule has 0 amide bonds. The van der Waals surface area contributed by atoms with Gasteiger partial charge in [-0.3, -0.25) is 9.59 Å². The number of esters is 1. The first kappa shape index (κ1) is 13.4. The van der Waals surface area contributed by atoms with Gasteiger partial charge in [-0.2, -0.15) is 0 Å². The van der Waals surface area contributed by atoms with Crippen LogP contribution in [0.1, 0.15) is 25.3 Å². The summed E-state index contributed by atoms with van der Waals surface area (Å²) in [6.45, 7) is 1.93. The molecule has 0 bridgehead atoms. The van der Waals surface area contributed by atoms with Gasteiger partial charge in [0, 0.05) is 6.42 Å². The lowest BCUT2D eigenvalue weighted by molar-refractivity contribution is -0.149. The molecule has 0 aromatic heterocycles. The maximum Gasteiger partial charge on any atom is 0.316 e. The number of benzene rings is 1. The lowest BCUT2D eigenvalue weighted by Crippen LogP contribution is -2.27. The maximum atomic E-state index is 11.8. The van der Waals surface area contributed by atoms with Crippen LogP contribution in [0.4, 0.5) is 0 Å². The summed E-state index contributed by atoms with van der Waals surface area (Å²) in [6.07, 6.45) is 1.60. The summed E-state index contributed by atoms with van der Waals surface area (Å²) in [6, 6.07) is 9.52. The minimum Gasteiger partial charge on any atom is -0.468 e. The summed E-state index contributed by atoms with van der Waals surface area (Å²) >= 11 is 0. The van der Waals surface area contributed by atoms with Crippen LogP contribution < -0.4 is 0 Å². The highest BCUT2D eigenvalue weighted by molar-refractivity contribution is 5.99. The molecule has 0 radical (unpaired) electrons. The summed E-state index contributed by atoms with van der Waals surface area (Å²) in [4.78, 5) is 23.4. The monoisotopic (exact) mass is 234 g/mol. The van der Waals surface area contributed by atoms with Gasteiger partial charge in [0.25, 0.3) is 0 Å². The molecular formula is C14H18O3. The number of ether oxygens (including phenoxy) is 1. The number of Topliss-reactive ketones (excluding diaryl/α,β-unsaturated/α-hetero) is 1. The smallest absolute Gasteiger partial charge is 0.316 e. The van der Waals surface area contributed by atoms with Crippen molar-refractivity contribution in [1.29, 1.82) is 0 Å². The van der Waals surface area contributed by atoms with E-state index < -0.39 is 11.9 Å². The van der Waals surface area contributed by atoms with Gasteiger partial charge < -0.3 is 4.74 Å². The third-order valence-corrected chi connectivity index (χ3v) is 2.65. The Kier molecular flexibility index (Phi) is 5.40. The third kappa shape index (κ3) is 4.02. The molecule has 0 aliphatic carbocycles. The van der Waals surface area contributed by atoms with Crippen molar-refractivity contribution >= 4 is 11.8 Å². The van der Waals surface area contributed by atoms with Crippen LogP contribution in [0.5, 0.6) is 0 Å². The van der Waals surface area contributed by atoms with Crippen molar-refractivity contribution in [2.24, 2.45) is 5.92 Å². The van der Waals surface area contributed by atoms with Gasteiger partial charge in [-0.25, -0.2) is 0 Å². The first-order chi connectivity index (χ1) is 8.19. The highest BCUT2D eigenvalue weighted by Gasteiger charge is 2.26. The average molecular weight is 234 g/mol. The van der Waals surface area contributed by atoms with Crippen LogP contribution >= 0.6 is 0 Å². The van der Waals surface area contributed by atoms with E-state index in [1.807, 2.05) is 37.3 Å². The van der Waals surface area contributed by atoms with Crippen molar-refractivity contribution in [1.82, 2.24) is 0 Å². The maximum absolute atomic E-state index is 11.8. The molecule has 3 nitrogen and oxygen atoms in total. The zero-order valence-electron chi connectivity index (χ0n) is 10.3.